The van der Waals surface area contributed by atoms with Crippen molar-refractivity contribution in [3.8, 4) is 0 Å². The second-order valence-electron chi connectivity index (χ2n) is 10.8. The Hall–Kier alpha value is -3.48. The summed E-state index contributed by atoms with van der Waals surface area (Å²) in [6.07, 6.45) is 6.21. The minimum Gasteiger partial charge on any atom is -0.464 e. The summed E-state index contributed by atoms with van der Waals surface area (Å²) in [6.45, 7) is 12.0. The molecule has 0 aromatic carbocycles. The Morgan fingerprint density at radius 2 is 0.600 bits per heavy atom. The summed E-state index contributed by atoms with van der Waals surface area (Å²) in [4.78, 5) is 76.7. The topological polar surface area (TPSA) is 116 Å². The zero-order chi connectivity index (χ0) is 27.0. The van der Waals surface area contributed by atoms with E-state index in [1.807, 2.05) is 0 Å². The third kappa shape index (κ3) is 5.29. The molecule has 7 nitrogen and oxygen atoms in total. The first-order valence-corrected chi connectivity index (χ1v) is 11.3. The van der Waals surface area contributed by atoms with Gasteiger partial charge in [-0.2, -0.15) is 0 Å². The molecule has 7 heteroatoms. The maximum absolute atomic E-state index is 12.9. The summed E-state index contributed by atoms with van der Waals surface area (Å²) in [5.41, 5.74) is -5.40. The standard InChI is InChI=1S/C28H32O7/c1-25(2)17(29)9-10-18(30)26(3,4)20(32)12-14-22(34)28(7,8)24-16-15-23(35-24)27(5,6)21(33)13-11-19(25)31/h9-16H,1-8H3/b10-9+,13-11-,14-12-. The zero-order valence-corrected chi connectivity index (χ0v) is 21.5. The van der Waals surface area contributed by atoms with Gasteiger partial charge in [0.05, 0.1) is 21.7 Å². The largest absolute Gasteiger partial charge is 0.464 e. The number of carbonyl (C=O) groups is 6. The molecule has 0 saturated carbocycles. The number of carbonyl (C=O) groups excluding carboxylic acids is 6. The number of ketones is 6. The van der Waals surface area contributed by atoms with E-state index < -0.39 is 56.4 Å². The molecule has 1 aromatic heterocycles. The summed E-state index contributed by atoms with van der Waals surface area (Å²) in [5, 5.41) is 0. The predicted octanol–water partition coefficient (Wildman–Crippen LogP) is 3.98. The first kappa shape index (κ1) is 27.8. The highest BCUT2D eigenvalue weighted by Crippen LogP contribution is 2.33. The fourth-order valence-electron chi connectivity index (χ4n) is 3.20. The Bertz CT molecular complexity index is 1100. The van der Waals surface area contributed by atoms with Crippen molar-refractivity contribution >= 4 is 34.7 Å². The molecule has 0 aliphatic carbocycles. The van der Waals surface area contributed by atoms with Crippen molar-refractivity contribution in [3.63, 3.8) is 0 Å². The summed E-state index contributed by atoms with van der Waals surface area (Å²) in [5.74, 6) is -2.84. The monoisotopic (exact) mass is 480 g/mol. The molecule has 0 spiro atoms. The minimum atomic E-state index is -1.54. The van der Waals surface area contributed by atoms with E-state index in [1.165, 1.54) is 27.7 Å². The first-order valence-electron chi connectivity index (χ1n) is 11.3. The molecule has 1 aromatic rings. The number of hydrogen-bond acceptors (Lipinski definition) is 7. The van der Waals surface area contributed by atoms with E-state index in [4.69, 9.17) is 4.42 Å². The zero-order valence-electron chi connectivity index (χ0n) is 21.5. The molecule has 2 heterocycles. The Morgan fingerprint density at radius 1 is 0.400 bits per heavy atom. The van der Waals surface area contributed by atoms with Crippen LogP contribution in [0.5, 0.6) is 0 Å². The van der Waals surface area contributed by atoms with Crippen molar-refractivity contribution in [2.45, 2.75) is 66.2 Å². The first-order chi connectivity index (χ1) is 15.9. The third-order valence-electron chi connectivity index (χ3n) is 6.69. The van der Waals surface area contributed by atoms with Crippen LogP contribution in [-0.4, -0.2) is 34.7 Å². The van der Waals surface area contributed by atoms with Crippen LogP contribution in [0, 0.1) is 10.8 Å². The van der Waals surface area contributed by atoms with Crippen molar-refractivity contribution in [2.24, 2.45) is 10.8 Å². The van der Waals surface area contributed by atoms with E-state index in [9.17, 15) is 28.8 Å². The van der Waals surface area contributed by atoms with E-state index in [0.717, 1.165) is 36.5 Å². The van der Waals surface area contributed by atoms with Crippen molar-refractivity contribution in [3.05, 3.63) is 60.1 Å². The van der Waals surface area contributed by atoms with Gasteiger partial charge in [-0.25, -0.2) is 0 Å². The highest BCUT2D eigenvalue weighted by Gasteiger charge is 2.39. The third-order valence-corrected chi connectivity index (χ3v) is 6.69. The van der Waals surface area contributed by atoms with Crippen LogP contribution >= 0.6 is 0 Å². The SMILES string of the molecule is CC1(C)C(=O)/C=C\C(=O)C(C)(C)c2ccc(o2)C(C)(C)C(=O)/C=C\C(=O)C(C)(C)C(=O)/C=C/C1=O. The summed E-state index contributed by atoms with van der Waals surface area (Å²) in [7, 11) is 0. The maximum Gasteiger partial charge on any atom is 0.169 e. The molecule has 1 aliphatic rings. The summed E-state index contributed by atoms with van der Waals surface area (Å²) in [6, 6.07) is 3.18. The highest BCUT2D eigenvalue weighted by molar-refractivity contribution is 6.20. The molecule has 0 radical (unpaired) electrons. The molecule has 0 unspecified atom stereocenters. The van der Waals surface area contributed by atoms with E-state index in [0.29, 0.717) is 11.5 Å². The lowest BCUT2D eigenvalue weighted by Crippen LogP contribution is -2.34. The van der Waals surface area contributed by atoms with Gasteiger partial charge in [-0.1, -0.05) is 0 Å². The quantitative estimate of drug-likeness (QED) is 0.516. The van der Waals surface area contributed by atoms with Gasteiger partial charge < -0.3 is 4.42 Å². The molecule has 0 N–H and O–H groups in total. The number of rotatable bonds is 0. The predicted molar refractivity (Wildman–Crippen MR) is 130 cm³/mol. The van der Waals surface area contributed by atoms with E-state index in [2.05, 4.69) is 0 Å². The average Bonchev–Trinajstić information content (AvgIpc) is 3.29. The van der Waals surface area contributed by atoms with Crippen LogP contribution in [0.4, 0.5) is 0 Å². The van der Waals surface area contributed by atoms with Gasteiger partial charge in [0.1, 0.15) is 11.5 Å². The van der Waals surface area contributed by atoms with Crippen molar-refractivity contribution in [2.75, 3.05) is 0 Å². The highest BCUT2D eigenvalue weighted by atomic mass is 16.3. The van der Waals surface area contributed by atoms with Gasteiger partial charge in [0.2, 0.25) is 0 Å². The molecule has 35 heavy (non-hydrogen) atoms. The van der Waals surface area contributed by atoms with Crippen molar-refractivity contribution in [1.82, 2.24) is 0 Å². The summed E-state index contributed by atoms with van der Waals surface area (Å²) < 4.78 is 5.89. The van der Waals surface area contributed by atoms with Crippen LogP contribution in [0.15, 0.2) is 53.0 Å². The van der Waals surface area contributed by atoms with Crippen molar-refractivity contribution in [1.29, 1.82) is 0 Å². The fourth-order valence-corrected chi connectivity index (χ4v) is 3.20. The van der Waals surface area contributed by atoms with Gasteiger partial charge in [-0.3, -0.25) is 28.8 Å². The van der Waals surface area contributed by atoms with Crippen molar-refractivity contribution < 1.29 is 33.2 Å². The van der Waals surface area contributed by atoms with Gasteiger partial charge in [0.15, 0.2) is 34.7 Å². The van der Waals surface area contributed by atoms with Crippen LogP contribution in [0.2, 0.25) is 0 Å². The molecular formula is C28H32O7. The second-order valence-corrected chi connectivity index (χ2v) is 10.8. The molecule has 0 saturated heterocycles. The Labute approximate surface area is 205 Å². The molecule has 1 aliphatic heterocycles. The van der Waals surface area contributed by atoms with Gasteiger partial charge in [-0.15, -0.1) is 0 Å². The minimum absolute atomic E-state index is 0.290. The van der Waals surface area contributed by atoms with E-state index in [-0.39, 0.29) is 0 Å². The van der Waals surface area contributed by atoms with Crippen LogP contribution in [0.1, 0.15) is 66.9 Å². The number of hydrogen-bond donors (Lipinski definition) is 0. The molecule has 0 atom stereocenters. The average molecular weight is 481 g/mol. The molecular weight excluding hydrogens is 448 g/mol. The lowest BCUT2D eigenvalue weighted by Gasteiger charge is -2.22. The second kappa shape index (κ2) is 9.29. The van der Waals surface area contributed by atoms with Gasteiger partial charge in [-0.05, 0) is 104 Å². The maximum atomic E-state index is 12.9. The van der Waals surface area contributed by atoms with Gasteiger partial charge >= 0.3 is 0 Å². The van der Waals surface area contributed by atoms with Gasteiger partial charge in [0, 0.05) is 0 Å². The van der Waals surface area contributed by atoms with Crippen LogP contribution in [0.3, 0.4) is 0 Å². The normalized spacial score (nSPS) is 25.4. The van der Waals surface area contributed by atoms with Crippen LogP contribution < -0.4 is 0 Å². The molecule has 2 rings (SSSR count). The number of fused-ring (bicyclic) bond motifs is 2. The lowest BCUT2D eigenvalue weighted by atomic mass is 9.79. The van der Waals surface area contributed by atoms with Gasteiger partial charge in [0.25, 0.3) is 0 Å². The number of allylic oxidation sites excluding steroid dienone is 6. The Kier molecular flexibility index (Phi) is 7.36. The molecule has 0 fully saturated rings. The molecule has 0 amide bonds. The summed E-state index contributed by atoms with van der Waals surface area (Å²) >= 11 is 0. The van der Waals surface area contributed by atoms with Crippen LogP contribution in [-0.2, 0) is 39.6 Å². The Morgan fingerprint density at radius 3 is 0.829 bits per heavy atom. The molecule has 2 bridgehead atoms. The van der Waals surface area contributed by atoms with E-state index in [1.54, 1.807) is 39.8 Å². The lowest BCUT2D eigenvalue weighted by molar-refractivity contribution is -0.135. The molecule has 186 valence electrons. The van der Waals surface area contributed by atoms with Crippen LogP contribution in [0.25, 0.3) is 0 Å². The number of furan rings is 1. The van der Waals surface area contributed by atoms with E-state index >= 15 is 0 Å². The smallest absolute Gasteiger partial charge is 0.169 e. The Balaban J connectivity index is 2.65. The fraction of sp³-hybridized carbons (Fsp3) is 0.429.